The summed E-state index contributed by atoms with van der Waals surface area (Å²) in [7, 11) is 2.83. The number of hydrogen-bond donors (Lipinski definition) is 0. The van der Waals surface area contributed by atoms with E-state index in [1.165, 1.54) is 33.4 Å². The van der Waals surface area contributed by atoms with Gasteiger partial charge in [-0.05, 0) is 39.7 Å². The van der Waals surface area contributed by atoms with Gasteiger partial charge in [-0.25, -0.2) is 12.1 Å². The number of hydrogen-bond acceptors (Lipinski definition) is 2. The van der Waals surface area contributed by atoms with Gasteiger partial charge < -0.3 is 0 Å². The molecule has 0 fully saturated rings. The van der Waals surface area contributed by atoms with E-state index in [2.05, 4.69) is 140 Å². The van der Waals surface area contributed by atoms with Crippen molar-refractivity contribution < 1.29 is 17.1 Å². The van der Waals surface area contributed by atoms with Crippen LogP contribution in [0.2, 0.25) is 0 Å². The van der Waals surface area contributed by atoms with E-state index < -0.39 is 13.1 Å². The fraction of sp³-hybridized carbons (Fsp3) is 0.238. The maximum atomic E-state index is 4.59. The van der Waals surface area contributed by atoms with Gasteiger partial charge in [0.05, 0.1) is 0 Å². The van der Waals surface area contributed by atoms with Crippen LogP contribution in [0.4, 0.5) is 0 Å². The molecule has 0 spiro atoms. The monoisotopic (exact) mass is 696 g/mol. The van der Waals surface area contributed by atoms with E-state index >= 15 is 0 Å². The van der Waals surface area contributed by atoms with Crippen molar-refractivity contribution in [3.8, 4) is 22.3 Å². The summed E-state index contributed by atoms with van der Waals surface area (Å²) < 4.78 is 0. The SMILES string of the molecule is CC(C)(C)P(Cc1c(C(P)(c2cccnc2)c2cccnc2)cc(-c2ccccc2)[c-]1-c1ccccc1)C(C)(C)C.[Fe+2].c1cc[cH-]c1. The third kappa shape index (κ3) is 8.46. The topological polar surface area (TPSA) is 25.8 Å². The van der Waals surface area contributed by atoms with E-state index in [4.69, 9.17) is 0 Å². The first-order valence-electron chi connectivity index (χ1n) is 16.0. The average Bonchev–Trinajstić information content (AvgIpc) is 3.77. The summed E-state index contributed by atoms with van der Waals surface area (Å²) in [5, 5.41) is -0.171. The summed E-state index contributed by atoms with van der Waals surface area (Å²) in [4.78, 5) is 9.17. The predicted octanol–water partition coefficient (Wildman–Crippen LogP) is 11.7. The van der Waals surface area contributed by atoms with Crippen molar-refractivity contribution in [2.45, 2.75) is 63.2 Å². The maximum absolute atomic E-state index is 4.59. The summed E-state index contributed by atoms with van der Waals surface area (Å²) in [5.41, 5.74) is 10.1. The molecule has 242 valence electrons. The summed E-state index contributed by atoms with van der Waals surface area (Å²) >= 11 is 0. The summed E-state index contributed by atoms with van der Waals surface area (Å²) in [6, 6.07) is 42.8. The zero-order valence-corrected chi connectivity index (χ0v) is 31.5. The zero-order chi connectivity index (χ0) is 32.8. The van der Waals surface area contributed by atoms with Crippen LogP contribution in [0.1, 0.15) is 63.8 Å². The Bertz CT molecular complexity index is 1700. The molecule has 0 saturated carbocycles. The minimum atomic E-state index is -0.523. The summed E-state index contributed by atoms with van der Waals surface area (Å²) in [6.45, 7) is 14.5. The maximum Gasteiger partial charge on any atom is 2.00 e. The molecule has 4 aromatic carbocycles. The van der Waals surface area contributed by atoms with E-state index in [-0.39, 0.29) is 27.4 Å². The van der Waals surface area contributed by atoms with Gasteiger partial charge in [0.25, 0.3) is 0 Å². The van der Waals surface area contributed by atoms with Gasteiger partial charge in [-0.1, -0.05) is 138 Å². The first-order valence-corrected chi connectivity index (χ1v) is 18.1. The normalized spacial score (nSPS) is 11.8. The average molecular weight is 697 g/mol. The van der Waals surface area contributed by atoms with Crippen LogP contribution in [0.15, 0.2) is 146 Å². The summed E-state index contributed by atoms with van der Waals surface area (Å²) in [6.07, 6.45) is 8.75. The van der Waals surface area contributed by atoms with E-state index in [9.17, 15) is 0 Å². The Labute approximate surface area is 296 Å². The van der Waals surface area contributed by atoms with Gasteiger partial charge in [0.2, 0.25) is 0 Å². The molecule has 47 heavy (non-hydrogen) atoms. The molecule has 0 aliphatic rings. The molecule has 1 atom stereocenters. The Morgan fingerprint density at radius 1 is 0.681 bits per heavy atom. The molecule has 2 heterocycles. The Balaban J connectivity index is 0.000000762. The van der Waals surface area contributed by atoms with Crippen LogP contribution >= 0.6 is 17.2 Å². The second kappa shape index (κ2) is 15.8. The van der Waals surface area contributed by atoms with Gasteiger partial charge in [0, 0.05) is 29.9 Å². The number of pyridine rings is 2. The molecule has 0 amide bonds. The third-order valence-corrected chi connectivity index (χ3v) is 13.3. The second-order valence-electron chi connectivity index (χ2n) is 13.7. The molecule has 0 aliphatic carbocycles. The fourth-order valence-electron chi connectivity index (χ4n) is 6.53. The van der Waals surface area contributed by atoms with Gasteiger partial charge in [0.15, 0.2) is 0 Å². The van der Waals surface area contributed by atoms with Gasteiger partial charge >= 0.3 is 17.1 Å². The van der Waals surface area contributed by atoms with Crippen molar-refractivity contribution >= 4 is 17.2 Å². The molecular formula is C42H46FeN2P2. The Hall–Kier alpha value is -3.18. The van der Waals surface area contributed by atoms with Crippen molar-refractivity contribution in [1.29, 1.82) is 0 Å². The molecular weight excluding hydrogens is 650 g/mol. The molecule has 0 saturated heterocycles. The van der Waals surface area contributed by atoms with Crippen LogP contribution in [0.3, 0.4) is 0 Å². The smallest absolute Gasteiger partial charge is 0.264 e. The van der Waals surface area contributed by atoms with Crippen LogP contribution in [0.25, 0.3) is 22.3 Å². The van der Waals surface area contributed by atoms with Crippen LogP contribution < -0.4 is 0 Å². The third-order valence-electron chi connectivity index (χ3n) is 8.48. The molecule has 6 rings (SSSR count). The molecule has 0 aliphatic heterocycles. The first-order chi connectivity index (χ1) is 22.0. The second-order valence-corrected chi connectivity index (χ2v) is 18.5. The van der Waals surface area contributed by atoms with E-state index in [1.807, 2.05) is 67.3 Å². The number of aromatic nitrogens is 2. The summed E-state index contributed by atoms with van der Waals surface area (Å²) in [5.74, 6) is 0. The van der Waals surface area contributed by atoms with Gasteiger partial charge in [0.1, 0.15) is 0 Å². The first kappa shape index (κ1) is 36.7. The minimum Gasteiger partial charge on any atom is -0.264 e. The van der Waals surface area contributed by atoms with Crippen LogP contribution in [-0.2, 0) is 28.4 Å². The van der Waals surface area contributed by atoms with Crippen LogP contribution in [0, 0.1) is 0 Å². The largest absolute Gasteiger partial charge is 2.00 e. The Morgan fingerprint density at radius 2 is 1.19 bits per heavy atom. The molecule has 0 N–H and O–H groups in total. The van der Waals surface area contributed by atoms with Crippen molar-refractivity contribution in [1.82, 2.24) is 9.97 Å². The van der Waals surface area contributed by atoms with Gasteiger partial charge in [-0.3, -0.25) is 9.97 Å². The fourth-order valence-corrected chi connectivity index (χ4v) is 10.7. The zero-order valence-electron chi connectivity index (χ0n) is 28.3. The predicted molar refractivity (Wildman–Crippen MR) is 203 cm³/mol. The standard InChI is InChI=1S/C37H41N2P2.C5H5.Fe/c1-35(2,3)41(36(4,5)6)26-32-33(37(40,29-19-13-21-38-24-29)30-20-14-22-39-25-30)23-31(27-15-9-7-10-16-27)34(32)28-17-11-8-12-18-28;1-2-4-5-3-1;/h7-25H,26,40H2,1-6H3;1-5H;/q2*-1;+2. The Kier molecular flexibility index (Phi) is 12.3. The quantitative estimate of drug-likeness (QED) is 0.0943. The van der Waals surface area contributed by atoms with Crippen LogP contribution in [0.5, 0.6) is 0 Å². The van der Waals surface area contributed by atoms with Gasteiger partial charge in [-0.15, -0.1) is 33.0 Å². The number of rotatable bonds is 7. The molecule has 1 unspecified atom stereocenters. The molecule has 6 aromatic rings. The molecule has 2 aromatic heterocycles. The van der Waals surface area contributed by atoms with E-state index in [1.54, 1.807) is 0 Å². The van der Waals surface area contributed by atoms with Crippen LogP contribution in [-0.4, -0.2) is 20.3 Å². The van der Waals surface area contributed by atoms with Crippen molar-refractivity contribution in [2.24, 2.45) is 0 Å². The van der Waals surface area contributed by atoms with E-state index in [0.717, 1.165) is 17.3 Å². The van der Waals surface area contributed by atoms with Crippen molar-refractivity contribution in [3.05, 3.63) is 168 Å². The van der Waals surface area contributed by atoms with Gasteiger partial charge in [-0.2, -0.15) is 18.2 Å². The molecule has 0 radical (unpaired) electrons. The number of benzene rings is 2. The molecule has 5 heteroatoms. The van der Waals surface area contributed by atoms with Crippen molar-refractivity contribution in [3.63, 3.8) is 0 Å². The molecule has 2 nitrogen and oxygen atoms in total. The Morgan fingerprint density at radius 3 is 1.62 bits per heavy atom. The van der Waals surface area contributed by atoms with Crippen molar-refractivity contribution in [2.75, 3.05) is 0 Å². The van der Waals surface area contributed by atoms with E-state index in [0.29, 0.717) is 0 Å². The minimum absolute atomic E-state index is 0. The number of nitrogens with zero attached hydrogens (tertiary/aromatic N) is 2. The molecule has 0 bridgehead atoms.